The van der Waals surface area contributed by atoms with Crippen LogP contribution >= 0.6 is 0 Å². The molecule has 2 amide bonds. The number of carbonyl (C=O) groups excluding carboxylic acids is 2. The van der Waals surface area contributed by atoms with Crippen molar-refractivity contribution in [3.8, 4) is 0 Å². The Hall–Kier alpha value is -2.56. The lowest BCUT2D eigenvalue weighted by Gasteiger charge is -2.41. The third kappa shape index (κ3) is 3.02. The minimum atomic E-state index is -0.469. The lowest BCUT2D eigenvalue weighted by Crippen LogP contribution is -2.56. The average molecular weight is 352 g/mol. The molecule has 136 valence electrons. The van der Waals surface area contributed by atoms with Crippen molar-refractivity contribution in [2.45, 2.75) is 51.2 Å². The minimum absolute atomic E-state index is 0.0617. The molecule has 1 saturated heterocycles. The topological polar surface area (TPSA) is 53.8 Å². The van der Waals surface area contributed by atoms with Gasteiger partial charge in [-0.15, -0.1) is 0 Å². The van der Waals surface area contributed by atoms with Gasteiger partial charge in [0.15, 0.2) is 5.76 Å². The molecule has 5 nitrogen and oxygen atoms in total. The van der Waals surface area contributed by atoms with Gasteiger partial charge in [0.05, 0.1) is 6.26 Å². The first-order valence-corrected chi connectivity index (χ1v) is 9.37. The van der Waals surface area contributed by atoms with Crippen molar-refractivity contribution in [1.82, 2.24) is 9.80 Å². The van der Waals surface area contributed by atoms with Gasteiger partial charge in [-0.1, -0.05) is 24.3 Å². The molecule has 0 bridgehead atoms. The van der Waals surface area contributed by atoms with Crippen molar-refractivity contribution in [3.05, 3.63) is 59.5 Å². The highest BCUT2D eigenvalue weighted by atomic mass is 16.3. The van der Waals surface area contributed by atoms with Crippen molar-refractivity contribution >= 4 is 11.8 Å². The van der Waals surface area contributed by atoms with Crippen LogP contribution in [-0.4, -0.2) is 40.2 Å². The second kappa shape index (κ2) is 6.98. The zero-order chi connectivity index (χ0) is 18.1. The molecule has 2 unspecified atom stereocenters. The maximum Gasteiger partial charge on any atom is 0.290 e. The molecule has 4 rings (SSSR count). The highest BCUT2D eigenvalue weighted by Gasteiger charge is 2.39. The van der Waals surface area contributed by atoms with Gasteiger partial charge in [0.1, 0.15) is 6.04 Å². The average Bonchev–Trinajstić information content (AvgIpc) is 3.21. The number of hydrogen-bond acceptors (Lipinski definition) is 3. The number of likely N-dealkylation sites (tertiary alicyclic amines) is 1. The summed E-state index contributed by atoms with van der Waals surface area (Å²) < 4.78 is 5.32. The number of furan rings is 1. The highest BCUT2D eigenvalue weighted by Crippen LogP contribution is 2.28. The Bertz CT molecular complexity index is 799. The summed E-state index contributed by atoms with van der Waals surface area (Å²) in [6.07, 6.45) is 5.28. The Morgan fingerprint density at radius 1 is 1.04 bits per heavy atom. The van der Waals surface area contributed by atoms with Gasteiger partial charge in [-0.3, -0.25) is 9.59 Å². The maximum atomic E-state index is 13.4. The van der Waals surface area contributed by atoms with Gasteiger partial charge >= 0.3 is 0 Å². The molecule has 26 heavy (non-hydrogen) atoms. The standard InChI is InChI=1S/C21H24N2O3/c1-15-7-4-5-11-22(15)20(24)18-13-16-8-2-3-9-17(16)14-23(18)21(25)19-10-6-12-26-19/h2-3,6,8-10,12,15,18H,4-5,7,11,13-14H2,1H3. The van der Waals surface area contributed by atoms with Crippen molar-refractivity contribution in [2.24, 2.45) is 0 Å². The van der Waals surface area contributed by atoms with E-state index in [2.05, 4.69) is 13.0 Å². The fourth-order valence-corrected chi connectivity index (χ4v) is 4.12. The van der Waals surface area contributed by atoms with E-state index in [-0.39, 0.29) is 23.6 Å². The van der Waals surface area contributed by atoms with Crippen LogP contribution in [0.25, 0.3) is 0 Å². The lowest BCUT2D eigenvalue weighted by atomic mass is 9.91. The van der Waals surface area contributed by atoms with Gasteiger partial charge in [0.2, 0.25) is 5.91 Å². The van der Waals surface area contributed by atoms with Crippen LogP contribution < -0.4 is 0 Å². The quantitative estimate of drug-likeness (QED) is 0.834. The lowest BCUT2D eigenvalue weighted by molar-refractivity contribution is -0.140. The molecule has 0 aliphatic carbocycles. The SMILES string of the molecule is CC1CCCCN1C(=O)C1Cc2ccccc2CN1C(=O)c1ccco1. The van der Waals surface area contributed by atoms with Crippen molar-refractivity contribution in [2.75, 3.05) is 6.54 Å². The molecule has 1 fully saturated rings. The van der Waals surface area contributed by atoms with Crippen LogP contribution in [0.4, 0.5) is 0 Å². The summed E-state index contributed by atoms with van der Waals surface area (Å²) in [6.45, 7) is 3.32. The summed E-state index contributed by atoms with van der Waals surface area (Å²) >= 11 is 0. The first-order chi connectivity index (χ1) is 12.6. The number of rotatable bonds is 2. The molecule has 2 aromatic rings. The molecular weight excluding hydrogens is 328 g/mol. The number of benzene rings is 1. The number of nitrogens with zero attached hydrogens (tertiary/aromatic N) is 2. The largest absolute Gasteiger partial charge is 0.459 e. The summed E-state index contributed by atoms with van der Waals surface area (Å²) in [4.78, 5) is 30.0. The number of fused-ring (bicyclic) bond motifs is 1. The van der Waals surface area contributed by atoms with E-state index in [1.807, 2.05) is 23.1 Å². The molecule has 5 heteroatoms. The van der Waals surface area contributed by atoms with E-state index in [9.17, 15) is 9.59 Å². The number of piperidine rings is 1. The molecule has 0 saturated carbocycles. The molecule has 0 spiro atoms. The van der Waals surface area contributed by atoms with Gasteiger partial charge in [-0.2, -0.15) is 0 Å². The first kappa shape index (κ1) is 16.9. The summed E-state index contributed by atoms with van der Waals surface area (Å²) in [5.74, 6) is 0.132. The van der Waals surface area contributed by atoms with Crippen LogP contribution in [0.15, 0.2) is 47.1 Å². The van der Waals surface area contributed by atoms with E-state index in [1.165, 1.54) is 6.26 Å². The van der Waals surface area contributed by atoms with Crippen LogP contribution in [-0.2, 0) is 17.8 Å². The number of amides is 2. The fraction of sp³-hybridized carbons (Fsp3) is 0.429. The van der Waals surface area contributed by atoms with E-state index < -0.39 is 6.04 Å². The first-order valence-electron chi connectivity index (χ1n) is 9.37. The molecule has 2 aliphatic heterocycles. The van der Waals surface area contributed by atoms with E-state index >= 15 is 0 Å². The Morgan fingerprint density at radius 2 is 1.85 bits per heavy atom. The van der Waals surface area contributed by atoms with Crippen LogP contribution in [0.2, 0.25) is 0 Å². The van der Waals surface area contributed by atoms with Crippen LogP contribution in [0.1, 0.15) is 47.9 Å². The van der Waals surface area contributed by atoms with Crippen molar-refractivity contribution < 1.29 is 14.0 Å². The predicted octanol–water partition coefficient (Wildman–Crippen LogP) is 3.25. The molecule has 0 N–H and O–H groups in total. The van der Waals surface area contributed by atoms with Gasteiger partial charge in [-0.05, 0) is 49.4 Å². The molecule has 3 heterocycles. The summed E-state index contributed by atoms with van der Waals surface area (Å²) in [5, 5.41) is 0. The molecule has 2 atom stereocenters. The maximum absolute atomic E-state index is 13.4. The highest BCUT2D eigenvalue weighted by molar-refractivity contribution is 5.96. The second-order valence-corrected chi connectivity index (χ2v) is 7.28. The zero-order valence-corrected chi connectivity index (χ0v) is 15.1. The molecule has 2 aliphatic rings. The van der Waals surface area contributed by atoms with Gasteiger partial charge < -0.3 is 14.2 Å². The number of hydrogen-bond donors (Lipinski definition) is 0. The fourth-order valence-electron chi connectivity index (χ4n) is 4.12. The Labute approximate surface area is 153 Å². The van der Waals surface area contributed by atoms with Crippen LogP contribution in [0, 0.1) is 0 Å². The zero-order valence-electron chi connectivity index (χ0n) is 15.1. The molecular formula is C21H24N2O3. The summed E-state index contributed by atoms with van der Waals surface area (Å²) in [7, 11) is 0. The smallest absolute Gasteiger partial charge is 0.290 e. The Kier molecular flexibility index (Phi) is 4.53. The monoisotopic (exact) mass is 352 g/mol. The van der Waals surface area contributed by atoms with Gasteiger partial charge in [0, 0.05) is 25.6 Å². The number of carbonyl (C=O) groups is 2. The summed E-state index contributed by atoms with van der Waals surface area (Å²) in [5.41, 5.74) is 2.25. The molecule has 1 aromatic heterocycles. The second-order valence-electron chi connectivity index (χ2n) is 7.28. The van der Waals surface area contributed by atoms with E-state index in [1.54, 1.807) is 17.0 Å². The third-order valence-electron chi connectivity index (χ3n) is 5.61. The van der Waals surface area contributed by atoms with E-state index in [0.29, 0.717) is 13.0 Å². The third-order valence-corrected chi connectivity index (χ3v) is 5.61. The van der Waals surface area contributed by atoms with Crippen LogP contribution in [0.3, 0.4) is 0 Å². The minimum Gasteiger partial charge on any atom is -0.459 e. The predicted molar refractivity (Wildman–Crippen MR) is 97.5 cm³/mol. The van der Waals surface area contributed by atoms with Crippen LogP contribution in [0.5, 0.6) is 0 Å². The Balaban J connectivity index is 1.66. The van der Waals surface area contributed by atoms with Gasteiger partial charge in [-0.25, -0.2) is 0 Å². The normalized spacial score (nSPS) is 22.8. The van der Waals surface area contributed by atoms with E-state index in [4.69, 9.17) is 4.42 Å². The van der Waals surface area contributed by atoms with Crippen molar-refractivity contribution in [3.63, 3.8) is 0 Å². The molecule has 0 radical (unpaired) electrons. The molecule has 1 aromatic carbocycles. The Morgan fingerprint density at radius 3 is 2.58 bits per heavy atom. The van der Waals surface area contributed by atoms with Crippen molar-refractivity contribution in [1.29, 1.82) is 0 Å². The summed E-state index contributed by atoms with van der Waals surface area (Å²) in [6, 6.07) is 11.2. The van der Waals surface area contributed by atoms with E-state index in [0.717, 1.165) is 36.9 Å². The van der Waals surface area contributed by atoms with Gasteiger partial charge in [0.25, 0.3) is 5.91 Å².